The van der Waals surface area contributed by atoms with Gasteiger partial charge in [-0.1, -0.05) is 38.1 Å². The highest BCUT2D eigenvalue weighted by atomic mass is 16.5. The number of aromatic amines is 1. The van der Waals surface area contributed by atoms with Crippen LogP contribution in [0.15, 0.2) is 54.6 Å². The van der Waals surface area contributed by atoms with Crippen LogP contribution in [-0.4, -0.2) is 66.8 Å². The number of hydrogen-bond donors (Lipinski definition) is 4. The van der Waals surface area contributed by atoms with Crippen LogP contribution in [0.25, 0.3) is 10.9 Å². The van der Waals surface area contributed by atoms with Gasteiger partial charge >= 0.3 is 5.97 Å². The Balaban J connectivity index is 1.48. The molecule has 2 aromatic carbocycles. The third kappa shape index (κ3) is 7.54. The predicted octanol–water partition coefficient (Wildman–Crippen LogP) is 2.76. The summed E-state index contributed by atoms with van der Waals surface area (Å²) in [5.41, 5.74) is 1.24. The average molecular weight is 577 g/mol. The molecule has 11 heteroatoms. The number of Topliss-reactive ketones (excluding diaryl/α,β-unsaturated/α-hetero) is 1. The molecule has 0 spiro atoms. The second-order valence-corrected chi connectivity index (χ2v) is 10.7. The van der Waals surface area contributed by atoms with E-state index in [0.29, 0.717) is 30.7 Å². The molecule has 4 rings (SSSR count). The second-order valence-electron chi connectivity index (χ2n) is 10.7. The molecule has 1 aliphatic rings. The van der Waals surface area contributed by atoms with Crippen molar-refractivity contribution in [2.45, 2.75) is 45.2 Å². The summed E-state index contributed by atoms with van der Waals surface area (Å²) in [6.07, 6.45) is 0.858. The molecule has 3 aromatic rings. The molecule has 2 heterocycles. The lowest BCUT2D eigenvalue weighted by atomic mass is 9.95. The number of nitrogens with one attached hydrogen (secondary N) is 4. The van der Waals surface area contributed by atoms with Crippen molar-refractivity contribution in [2.75, 3.05) is 20.3 Å². The normalized spacial score (nSPS) is 16.0. The van der Waals surface area contributed by atoms with E-state index in [0.717, 1.165) is 5.39 Å². The molecule has 3 atom stereocenters. The van der Waals surface area contributed by atoms with Gasteiger partial charge in [-0.05, 0) is 55.5 Å². The smallest absolute Gasteiger partial charge is 0.338 e. The van der Waals surface area contributed by atoms with Crippen molar-refractivity contribution in [3.8, 4) is 5.75 Å². The van der Waals surface area contributed by atoms with Gasteiger partial charge in [0, 0.05) is 23.4 Å². The first kappa shape index (κ1) is 30.3. The van der Waals surface area contributed by atoms with Crippen LogP contribution < -0.4 is 20.7 Å². The first-order chi connectivity index (χ1) is 20.2. The monoisotopic (exact) mass is 576 g/mol. The van der Waals surface area contributed by atoms with E-state index in [4.69, 9.17) is 9.47 Å². The molecule has 1 fully saturated rings. The number of aromatic nitrogens is 1. The molecular formula is C31H36N4O7. The summed E-state index contributed by atoms with van der Waals surface area (Å²) in [5.74, 6) is -2.35. The predicted molar refractivity (Wildman–Crippen MR) is 155 cm³/mol. The fourth-order valence-corrected chi connectivity index (χ4v) is 4.96. The van der Waals surface area contributed by atoms with E-state index >= 15 is 0 Å². The Hall–Kier alpha value is -4.67. The maximum Gasteiger partial charge on any atom is 0.338 e. The Bertz CT molecular complexity index is 1450. The molecule has 0 aliphatic carbocycles. The summed E-state index contributed by atoms with van der Waals surface area (Å²) in [6.45, 7) is 3.72. The van der Waals surface area contributed by atoms with Crippen molar-refractivity contribution in [1.29, 1.82) is 0 Å². The summed E-state index contributed by atoms with van der Waals surface area (Å²) >= 11 is 0. The summed E-state index contributed by atoms with van der Waals surface area (Å²) in [6, 6.07) is 13.2. The van der Waals surface area contributed by atoms with E-state index in [9.17, 15) is 24.0 Å². The third-order valence-corrected chi connectivity index (χ3v) is 7.16. The van der Waals surface area contributed by atoms with Gasteiger partial charge in [-0.25, -0.2) is 4.79 Å². The largest absolute Gasteiger partial charge is 0.496 e. The third-order valence-electron chi connectivity index (χ3n) is 7.16. The first-order valence-electron chi connectivity index (χ1n) is 14.0. The lowest BCUT2D eigenvalue weighted by molar-refractivity contribution is -0.131. The Labute approximate surface area is 243 Å². The molecule has 222 valence electrons. The summed E-state index contributed by atoms with van der Waals surface area (Å²) in [4.78, 5) is 67.7. The fraction of sp³-hybridized carbons (Fsp3) is 0.387. The van der Waals surface area contributed by atoms with E-state index in [-0.39, 0.29) is 29.5 Å². The van der Waals surface area contributed by atoms with Crippen LogP contribution in [0, 0.1) is 11.8 Å². The van der Waals surface area contributed by atoms with Crippen LogP contribution in [0.5, 0.6) is 5.75 Å². The number of methoxy groups -OCH3 is 1. The first-order valence-corrected chi connectivity index (χ1v) is 14.0. The lowest BCUT2D eigenvalue weighted by Gasteiger charge is -2.25. The molecule has 11 nitrogen and oxygen atoms in total. The van der Waals surface area contributed by atoms with Crippen molar-refractivity contribution >= 4 is 40.4 Å². The number of H-pyrrole nitrogens is 1. The van der Waals surface area contributed by atoms with Gasteiger partial charge in [0.1, 0.15) is 17.5 Å². The Morgan fingerprint density at radius 3 is 2.43 bits per heavy atom. The van der Waals surface area contributed by atoms with Crippen LogP contribution in [0.3, 0.4) is 0 Å². The summed E-state index contributed by atoms with van der Waals surface area (Å²) < 4.78 is 10.6. The van der Waals surface area contributed by atoms with Crippen LogP contribution in [0.1, 0.15) is 54.0 Å². The van der Waals surface area contributed by atoms with Crippen LogP contribution >= 0.6 is 0 Å². The van der Waals surface area contributed by atoms with Gasteiger partial charge in [0.2, 0.25) is 11.8 Å². The topological polar surface area (TPSA) is 156 Å². The highest BCUT2D eigenvalue weighted by molar-refractivity contribution is 6.02. The van der Waals surface area contributed by atoms with Crippen molar-refractivity contribution in [2.24, 2.45) is 11.8 Å². The molecular weight excluding hydrogens is 540 g/mol. The molecule has 1 saturated heterocycles. The summed E-state index contributed by atoms with van der Waals surface area (Å²) in [5, 5.41) is 8.97. The number of amides is 3. The SMILES string of the molecule is COc1cccc2[nH]c(C(=O)N[C@H](CC(C)C)C(=O)N[C@H](CC3CCNC3=O)C(=O)COC(=O)c3ccccc3)cc12. The second kappa shape index (κ2) is 13.8. The van der Waals surface area contributed by atoms with Gasteiger partial charge in [0.05, 0.1) is 18.7 Å². The molecule has 1 aromatic heterocycles. The van der Waals surface area contributed by atoms with Gasteiger partial charge in [0.25, 0.3) is 5.91 Å². The van der Waals surface area contributed by atoms with E-state index < -0.39 is 48.2 Å². The van der Waals surface area contributed by atoms with E-state index in [2.05, 4.69) is 20.9 Å². The Morgan fingerprint density at radius 2 is 1.76 bits per heavy atom. The lowest BCUT2D eigenvalue weighted by Crippen LogP contribution is -2.53. The minimum atomic E-state index is -1.10. The molecule has 3 amide bonds. The number of rotatable bonds is 13. The van der Waals surface area contributed by atoms with E-state index in [1.165, 1.54) is 0 Å². The molecule has 0 bridgehead atoms. The van der Waals surface area contributed by atoms with Gasteiger partial charge in [0.15, 0.2) is 12.4 Å². The maximum atomic E-state index is 13.5. The molecule has 1 aliphatic heterocycles. The van der Waals surface area contributed by atoms with E-state index in [1.807, 2.05) is 19.9 Å². The van der Waals surface area contributed by atoms with Crippen molar-refractivity contribution in [1.82, 2.24) is 20.9 Å². The fourth-order valence-electron chi connectivity index (χ4n) is 4.96. The quantitative estimate of drug-likeness (QED) is 0.228. The van der Waals surface area contributed by atoms with Crippen molar-refractivity contribution in [3.63, 3.8) is 0 Å². The van der Waals surface area contributed by atoms with Crippen LogP contribution in [0.4, 0.5) is 0 Å². The number of hydrogen-bond acceptors (Lipinski definition) is 7. The number of fused-ring (bicyclic) bond motifs is 1. The van der Waals surface area contributed by atoms with Crippen LogP contribution in [0.2, 0.25) is 0 Å². The maximum absolute atomic E-state index is 13.5. The van der Waals surface area contributed by atoms with Gasteiger partial charge in [-0.2, -0.15) is 0 Å². The molecule has 4 N–H and O–H groups in total. The van der Waals surface area contributed by atoms with Gasteiger partial charge in [-0.15, -0.1) is 0 Å². The Kier molecular flexibility index (Phi) is 9.95. The van der Waals surface area contributed by atoms with E-state index in [1.54, 1.807) is 55.6 Å². The average Bonchev–Trinajstić information content (AvgIpc) is 3.61. The zero-order valence-electron chi connectivity index (χ0n) is 23.9. The van der Waals surface area contributed by atoms with Gasteiger partial charge < -0.3 is 30.4 Å². The minimum Gasteiger partial charge on any atom is -0.496 e. The minimum absolute atomic E-state index is 0.0328. The zero-order valence-corrected chi connectivity index (χ0v) is 23.9. The zero-order chi connectivity index (χ0) is 30.2. The van der Waals surface area contributed by atoms with Crippen molar-refractivity contribution in [3.05, 3.63) is 65.9 Å². The number of ketones is 1. The number of carbonyl (C=O) groups is 5. The van der Waals surface area contributed by atoms with Crippen LogP contribution in [-0.2, 0) is 19.1 Å². The molecule has 42 heavy (non-hydrogen) atoms. The molecule has 1 unspecified atom stereocenters. The van der Waals surface area contributed by atoms with Gasteiger partial charge in [-0.3, -0.25) is 19.2 Å². The number of benzene rings is 2. The standard InChI is InChI=1S/C31H36N4O7/c1-18(2)14-24(35-30(39)25-16-21-22(33-25)10-7-11-27(21)41-3)29(38)34-23(15-20-12-13-32-28(20)37)26(36)17-42-31(40)19-8-5-4-6-9-19/h4-11,16,18,20,23-24,33H,12-15,17H2,1-3H3,(H,32,37)(H,34,38)(H,35,39)/t20?,23-,24-/m1/s1. The number of carbonyl (C=O) groups excluding carboxylic acids is 5. The summed E-state index contributed by atoms with van der Waals surface area (Å²) in [7, 11) is 1.54. The molecule has 0 saturated carbocycles. The number of esters is 1. The Morgan fingerprint density at radius 1 is 1.00 bits per heavy atom. The molecule has 0 radical (unpaired) electrons. The van der Waals surface area contributed by atoms with Crippen molar-refractivity contribution < 1.29 is 33.4 Å². The highest BCUT2D eigenvalue weighted by Crippen LogP contribution is 2.26. The number of ether oxygens (including phenoxy) is 2. The highest BCUT2D eigenvalue weighted by Gasteiger charge is 2.34.